The Morgan fingerprint density at radius 3 is 2.73 bits per heavy atom. The van der Waals surface area contributed by atoms with Crippen LogP contribution in [0.1, 0.15) is 56.4 Å². The van der Waals surface area contributed by atoms with Crippen LogP contribution in [0.5, 0.6) is 0 Å². The first kappa shape index (κ1) is 21.7. The summed E-state index contributed by atoms with van der Waals surface area (Å²) in [7, 11) is 0. The third-order valence-electron chi connectivity index (χ3n) is 6.11. The number of nitrogens with zero attached hydrogens (tertiary/aromatic N) is 3. The monoisotopic (exact) mass is 487 g/mol. The number of carbonyl (C=O) groups excluding carboxylic acids is 3. The highest BCUT2D eigenvalue weighted by atomic mass is 35.5. The Morgan fingerprint density at radius 1 is 1.27 bits per heavy atom. The number of benzene rings is 1. The Hall–Kier alpha value is -3.11. The first-order valence-corrected chi connectivity index (χ1v) is 11.7. The molecule has 0 saturated heterocycles. The van der Waals surface area contributed by atoms with E-state index in [2.05, 4.69) is 20.8 Å². The van der Waals surface area contributed by atoms with E-state index in [0.29, 0.717) is 53.5 Å². The first-order valence-electron chi connectivity index (χ1n) is 10.4. The molecule has 1 aromatic carbocycles. The van der Waals surface area contributed by atoms with Gasteiger partial charge in [0.2, 0.25) is 0 Å². The quantitative estimate of drug-likeness (QED) is 0.408. The molecule has 0 unspecified atom stereocenters. The molecule has 2 amide bonds. The Bertz CT molecular complexity index is 1300. The fourth-order valence-electron chi connectivity index (χ4n) is 4.36. The second kappa shape index (κ2) is 8.03. The van der Waals surface area contributed by atoms with Crippen LogP contribution in [0.2, 0.25) is 5.02 Å². The lowest BCUT2D eigenvalue weighted by molar-refractivity contribution is -0.118. The molecule has 5 rings (SSSR count). The molecule has 3 aromatic rings. The number of rotatable bonds is 6. The van der Waals surface area contributed by atoms with E-state index < -0.39 is 29.0 Å². The predicted molar refractivity (Wildman–Crippen MR) is 120 cm³/mol. The molecule has 8 nitrogen and oxygen atoms in total. The zero-order chi connectivity index (χ0) is 23.3. The molecule has 1 fully saturated rings. The van der Waals surface area contributed by atoms with Gasteiger partial charge >= 0.3 is 0 Å². The summed E-state index contributed by atoms with van der Waals surface area (Å²) in [5.41, 5.74) is 2.98. The summed E-state index contributed by atoms with van der Waals surface area (Å²) in [5.74, 6) is -2.43. The second-order valence-electron chi connectivity index (χ2n) is 8.24. The van der Waals surface area contributed by atoms with Gasteiger partial charge in [-0.05, 0) is 56.4 Å². The van der Waals surface area contributed by atoms with E-state index in [1.165, 1.54) is 29.5 Å². The van der Waals surface area contributed by atoms with E-state index in [1.54, 1.807) is 17.0 Å². The number of amides is 2. The van der Waals surface area contributed by atoms with Crippen molar-refractivity contribution in [2.75, 3.05) is 5.32 Å². The van der Waals surface area contributed by atoms with Gasteiger partial charge in [-0.2, -0.15) is 0 Å². The van der Waals surface area contributed by atoms with Crippen molar-refractivity contribution in [3.63, 3.8) is 0 Å². The molecule has 1 saturated carbocycles. The minimum absolute atomic E-state index is 0.109. The number of aromatic nitrogens is 3. The van der Waals surface area contributed by atoms with Gasteiger partial charge in [-0.3, -0.25) is 14.4 Å². The number of halogens is 2. The average Bonchev–Trinajstić information content (AvgIpc) is 3.14. The van der Waals surface area contributed by atoms with Crippen LogP contribution in [0.3, 0.4) is 0 Å². The van der Waals surface area contributed by atoms with Crippen molar-refractivity contribution in [1.29, 1.82) is 0 Å². The Morgan fingerprint density at radius 2 is 2.06 bits per heavy atom. The number of hydrogen-bond donors (Lipinski definition) is 2. The maximum atomic E-state index is 13.5. The third-order valence-corrected chi connectivity index (χ3v) is 7.29. The summed E-state index contributed by atoms with van der Waals surface area (Å²) in [6.45, 7) is 2.22. The highest BCUT2D eigenvalue weighted by Gasteiger charge is 2.49. The second-order valence-corrected chi connectivity index (χ2v) is 9.48. The van der Waals surface area contributed by atoms with Gasteiger partial charge < -0.3 is 15.2 Å². The zero-order valence-corrected chi connectivity index (χ0v) is 19.1. The molecule has 0 atom stereocenters. The van der Waals surface area contributed by atoms with Gasteiger partial charge in [0.15, 0.2) is 0 Å². The molecule has 11 heteroatoms. The molecule has 1 aliphatic carbocycles. The largest absolute Gasteiger partial charge is 0.340 e. The average molecular weight is 488 g/mol. The van der Waals surface area contributed by atoms with Crippen molar-refractivity contribution in [3.05, 3.63) is 62.1 Å². The highest BCUT2D eigenvalue weighted by Crippen LogP contribution is 2.46. The molecule has 3 heterocycles. The Balaban J connectivity index is 1.43. The van der Waals surface area contributed by atoms with Crippen molar-refractivity contribution in [2.45, 2.75) is 44.7 Å². The van der Waals surface area contributed by atoms with Crippen LogP contribution in [0.25, 0.3) is 0 Å². The summed E-state index contributed by atoms with van der Waals surface area (Å²) in [6, 6.07) is 3.89. The number of anilines is 1. The van der Waals surface area contributed by atoms with E-state index in [-0.39, 0.29) is 10.6 Å². The van der Waals surface area contributed by atoms with Crippen molar-refractivity contribution in [2.24, 2.45) is 0 Å². The standard InChI is InChI=1S/C22H19ClFN5O3S/c1-11-16(18(30)20(32)27-22(6-7-22)21-28-25-10-33-21)15-3-2-8-29(15)17(11)19(31)26-12-4-5-14(24)13(23)9-12/h4-5,9-10H,2-3,6-8H2,1H3,(H,26,31)(H,27,32). The van der Waals surface area contributed by atoms with E-state index in [0.717, 1.165) is 6.42 Å². The third kappa shape index (κ3) is 3.72. The minimum atomic E-state index is -0.719. The molecule has 0 radical (unpaired) electrons. The van der Waals surface area contributed by atoms with Gasteiger partial charge in [0.25, 0.3) is 17.6 Å². The molecule has 170 valence electrons. The number of nitrogens with one attached hydrogen (secondary N) is 2. The predicted octanol–water partition coefficient (Wildman–Crippen LogP) is 3.63. The van der Waals surface area contributed by atoms with Gasteiger partial charge in [0.1, 0.15) is 22.0 Å². The van der Waals surface area contributed by atoms with Gasteiger partial charge in [0.05, 0.1) is 16.1 Å². The van der Waals surface area contributed by atoms with E-state index in [9.17, 15) is 18.8 Å². The van der Waals surface area contributed by atoms with E-state index in [4.69, 9.17) is 11.6 Å². The summed E-state index contributed by atoms with van der Waals surface area (Å²) < 4.78 is 15.2. The van der Waals surface area contributed by atoms with Crippen LogP contribution in [-0.4, -0.2) is 32.4 Å². The molecule has 2 N–H and O–H groups in total. The minimum Gasteiger partial charge on any atom is -0.340 e. The molecule has 2 aliphatic rings. The summed E-state index contributed by atoms with van der Waals surface area (Å²) >= 11 is 7.15. The highest BCUT2D eigenvalue weighted by molar-refractivity contribution is 7.09. The first-order chi connectivity index (χ1) is 15.8. The number of fused-ring (bicyclic) bond motifs is 1. The van der Waals surface area contributed by atoms with Crippen molar-refractivity contribution in [1.82, 2.24) is 20.1 Å². The Kier molecular flexibility index (Phi) is 5.29. The van der Waals surface area contributed by atoms with Gasteiger partial charge in [-0.1, -0.05) is 11.6 Å². The number of hydrogen-bond acceptors (Lipinski definition) is 6. The lowest BCUT2D eigenvalue weighted by Gasteiger charge is -2.13. The smallest absolute Gasteiger partial charge is 0.293 e. The van der Waals surface area contributed by atoms with Crippen LogP contribution >= 0.6 is 22.9 Å². The van der Waals surface area contributed by atoms with Gasteiger partial charge in [-0.25, -0.2) is 4.39 Å². The SMILES string of the molecule is Cc1c(C(=O)C(=O)NC2(c3nncs3)CC2)c2n(c1C(=O)Nc1ccc(F)c(Cl)c1)CCC2. The summed E-state index contributed by atoms with van der Waals surface area (Å²) in [5, 5.41) is 14.0. The van der Waals surface area contributed by atoms with Gasteiger partial charge in [0, 0.05) is 17.9 Å². The molecule has 0 bridgehead atoms. The van der Waals surface area contributed by atoms with Crippen molar-refractivity contribution in [3.8, 4) is 0 Å². The molecule has 33 heavy (non-hydrogen) atoms. The lowest BCUT2D eigenvalue weighted by Crippen LogP contribution is -2.39. The number of carbonyl (C=O) groups is 3. The molecule has 1 aliphatic heterocycles. The fraction of sp³-hybridized carbons (Fsp3) is 0.318. The topological polar surface area (TPSA) is 106 Å². The van der Waals surface area contributed by atoms with Gasteiger partial charge in [-0.15, -0.1) is 21.5 Å². The maximum absolute atomic E-state index is 13.5. The zero-order valence-electron chi connectivity index (χ0n) is 17.6. The summed E-state index contributed by atoms with van der Waals surface area (Å²) in [6.07, 6.45) is 2.74. The number of ketones is 1. The summed E-state index contributed by atoms with van der Waals surface area (Å²) in [4.78, 5) is 39.2. The molecular weight excluding hydrogens is 469 g/mol. The Labute approximate surface area is 197 Å². The van der Waals surface area contributed by atoms with Crippen LogP contribution < -0.4 is 10.6 Å². The van der Waals surface area contributed by atoms with Crippen molar-refractivity contribution < 1.29 is 18.8 Å². The van der Waals surface area contributed by atoms with Crippen LogP contribution in [0, 0.1) is 12.7 Å². The van der Waals surface area contributed by atoms with E-state index in [1.807, 2.05) is 0 Å². The molecule has 2 aromatic heterocycles. The van der Waals surface area contributed by atoms with Crippen molar-refractivity contribution >= 4 is 46.2 Å². The maximum Gasteiger partial charge on any atom is 0.293 e. The van der Waals surface area contributed by atoms with Crippen LogP contribution in [0.4, 0.5) is 10.1 Å². The normalized spacial score (nSPS) is 15.7. The van der Waals surface area contributed by atoms with E-state index >= 15 is 0 Å². The lowest BCUT2D eigenvalue weighted by atomic mass is 10.0. The fourth-order valence-corrected chi connectivity index (χ4v) is 5.31. The van der Waals surface area contributed by atoms with Crippen LogP contribution in [0.15, 0.2) is 23.7 Å². The molecule has 0 spiro atoms. The van der Waals surface area contributed by atoms with Crippen LogP contribution in [-0.2, 0) is 23.3 Å². The number of Topliss-reactive ketones (excluding diaryl/α,β-unsaturated/α-hetero) is 1. The molecular formula is C22H19ClFN5O3S.